The highest BCUT2D eigenvalue weighted by molar-refractivity contribution is 6.11. The van der Waals surface area contributed by atoms with Crippen molar-refractivity contribution < 1.29 is 9.59 Å². The maximum absolute atomic E-state index is 11.8. The maximum Gasteiger partial charge on any atom is 0.253 e. The van der Waals surface area contributed by atoms with Crippen LogP contribution in [0, 0.1) is 0 Å². The van der Waals surface area contributed by atoms with Gasteiger partial charge in [-0.05, 0) is 11.6 Å². The molecule has 0 aliphatic heterocycles. The lowest BCUT2D eigenvalue weighted by Gasteiger charge is -2.11. The summed E-state index contributed by atoms with van der Waals surface area (Å²) < 4.78 is 2.09. The highest BCUT2D eigenvalue weighted by Gasteiger charge is 2.19. The number of hydrogen-bond acceptors (Lipinski definition) is 3. The highest BCUT2D eigenvalue weighted by atomic mass is 16.1. The smallest absolute Gasteiger partial charge is 0.253 e. The van der Waals surface area contributed by atoms with Crippen LogP contribution in [-0.2, 0) is 11.3 Å². The van der Waals surface area contributed by atoms with Gasteiger partial charge in [-0.15, -0.1) is 0 Å². The molecule has 6 heteroatoms. The van der Waals surface area contributed by atoms with Gasteiger partial charge in [0.05, 0.1) is 11.1 Å². The number of carbonyl (C=O) groups excluding carboxylic acids is 2. The molecule has 0 spiro atoms. The van der Waals surface area contributed by atoms with Crippen LogP contribution in [0.5, 0.6) is 0 Å². The van der Waals surface area contributed by atoms with Gasteiger partial charge in [0.1, 0.15) is 5.82 Å². The predicted octanol–water partition coefficient (Wildman–Crippen LogP) is 1.93. The molecule has 24 heavy (non-hydrogen) atoms. The average molecular weight is 324 g/mol. The van der Waals surface area contributed by atoms with E-state index in [4.69, 9.17) is 10.5 Å². The Kier molecular flexibility index (Phi) is 5.57. The van der Waals surface area contributed by atoms with Crippen molar-refractivity contribution >= 4 is 29.0 Å². The summed E-state index contributed by atoms with van der Waals surface area (Å²) >= 11 is 0. The minimum Gasteiger partial charge on any atom is -0.374 e. The van der Waals surface area contributed by atoms with Crippen molar-refractivity contribution in [2.45, 2.75) is 6.54 Å². The molecule has 1 aromatic heterocycles. The van der Waals surface area contributed by atoms with Crippen LogP contribution in [0.3, 0.4) is 0 Å². The Morgan fingerprint density at radius 1 is 1.12 bits per heavy atom. The van der Waals surface area contributed by atoms with Crippen molar-refractivity contribution in [1.29, 1.82) is 0 Å². The summed E-state index contributed by atoms with van der Waals surface area (Å²) in [5.41, 5.74) is 12.5. The average Bonchev–Trinajstić information content (AvgIpc) is 2.90. The van der Waals surface area contributed by atoms with E-state index in [2.05, 4.69) is 27.8 Å². The van der Waals surface area contributed by atoms with Gasteiger partial charge in [0.15, 0.2) is 0 Å². The van der Waals surface area contributed by atoms with Gasteiger partial charge in [0.2, 0.25) is 6.41 Å². The fraction of sp³-hybridized carbons (Fsp3) is 0.111. The first-order valence-electron chi connectivity index (χ1n) is 7.42. The Morgan fingerprint density at radius 3 is 2.29 bits per heavy atom. The van der Waals surface area contributed by atoms with Crippen molar-refractivity contribution in [2.75, 3.05) is 12.4 Å². The Labute approximate surface area is 140 Å². The molecule has 0 bridgehead atoms. The SMILES string of the molecule is CNc1c(C(N)=O)c2ccccc2n1Cc1ccccc1.NC=O. The number of hydrogen-bond donors (Lipinski definition) is 3. The zero-order valence-corrected chi connectivity index (χ0v) is 13.4. The number of nitrogens with zero attached hydrogens (tertiary/aromatic N) is 1. The van der Waals surface area contributed by atoms with E-state index in [0.717, 1.165) is 16.7 Å². The predicted molar refractivity (Wildman–Crippen MR) is 95.8 cm³/mol. The molecule has 3 rings (SSSR count). The summed E-state index contributed by atoms with van der Waals surface area (Å²) in [6.07, 6.45) is 0.250. The zero-order chi connectivity index (χ0) is 17.5. The second-order valence-electron chi connectivity index (χ2n) is 5.06. The van der Waals surface area contributed by atoms with E-state index in [1.54, 1.807) is 0 Å². The first kappa shape index (κ1) is 17.1. The number of para-hydroxylation sites is 1. The number of amides is 2. The lowest BCUT2D eigenvalue weighted by atomic mass is 10.1. The lowest BCUT2D eigenvalue weighted by molar-refractivity contribution is -0.106. The molecule has 0 saturated heterocycles. The molecule has 5 N–H and O–H groups in total. The number of carbonyl (C=O) groups is 2. The van der Waals surface area contributed by atoms with Crippen LogP contribution >= 0.6 is 0 Å². The van der Waals surface area contributed by atoms with Crippen molar-refractivity contribution in [3.05, 3.63) is 65.7 Å². The summed E-state index contributed by atoms with van der Waals surface area (Å²) in [7, 11) is 1.81. The molecule has 124 valence electrons. The fourth-order valence-corrected chi connectivity index (χ4v) is 2.74. The largest absolute Gasteiger partial charge is 0.374 e. The van der Waals surface area contributed by atoms with Crippen molar-refractivity contribution in [2.24, 2.45) is 11.5 Å². The summed E-state index contributed by atoms with van der Waals surface area (Å²) in [4.78, 5) is 20.4. The zero-order valence-electron chi connectivity index (χ0n) is 13.4. The number of fused-ring (bicyclic) bond motifs is 1. The second-order valence-corrected chi connectivity index (χ2v) is 5.06. The maximum atomic E-state index is 11.8. The van der Waals surface area contributed by atoms with Gasteiger partial charge < -0.3 is 21.4 Å². The monoisotopic (exact) mass is 324 g/mol. The number of benzene rings is 2. The summed E-state index contributed by atoms with van der Waals surface area (Å²) in [5, 5.41) is 4.00. The van der Waals surface area contributed by atoms with Crippen LogP contribution in [0.1, 0.15) is 15.9 Å². The van der Waals surface area contributed by atoms with E-state index in [1.807, 2.05) is 49.5 Å². The van der Waals surface area contributed by atoms with Gasteiger partial charge in [-0.2, -0.15) is 0 Å². The molecule has 0 atom stereocenters. The van der Waals surface area contributed by atoms with E-state index < -0.39 is 5.91 Å². The van der Waals surface area contributed by atoms with Crippen LogP contribution in [0.2, 0.25) is 0 Å². The van der Waals surface area contributed by atoms with Crippen LogP contribution in [0.15, 0.2) is 54.6 Å². The fourth-order valence-electron chi connectivity index (χ4n) is 2.74. The van der Waals surface area contributed by atoms with E-state index in [9.17, 15) is 4.79 Å². The molecular formula is C18H20N4O2. The molecular weight excluding hydrogens is 304 g/mol. The van der Waals surface area contributed by atoms with Crippen molar-refractivity contribution in [3.63, 3.8) is 0 Å². The van der Waals surface area contributed by atoms with E-state index >= 15 is 0 Å². The van der Waals surface area contributed by atoms with Crippen LogP contribution < -0.4 is 16.8 Å². The molecule has 2 aromatic carbocycles. The molecule has 0 fully saturated rings. The number of nitrogens with two attached hydrogens (primary N) is 2. The second kappa shape index (κ2) is 7.82. The number of aromatic nitrogens is 1. The lowest BCUT2D eigenvalue weighted by Crippen LogP contribution is -2.14. The highest BCUT2D eigenvalue weighted by Crippen LogP contribution is 2.30. The molecule has 3 aromatic rings. The first-order valence-corrected chi connectivity index (χ1v) is 7.42. The van der Waals surface area contributed by atoms with Gasteiger partial charge >= 0.3 is 0 Å². The van der Waals surface area contributed by atoms with E-state index in [-0.39, 0.29) is 6.41 Å². The van der Waals surface area contributed by atoms with Crippen molar-refractivity contribution in [1.82, 2.24) is 4.57 Å². The van der Waals surface area contributed by atoms with Gasteiger partial charge in [0.25, 0.3) is 5.91 Å². The molecule has 0 aliphatic carbocycles. The van der Waals surface area contributed by atoms with Crippen LogP contribution in [0.25, 0.3) is 10.9 Å². The Balaban J connectivity index is 0.000000647. The van der Waals surface area contributed by atoms with Crippen molar-refractivity contribution in [3.8, 4) is 0 Å². The Morgan fingerprint density at radius 2 is 1.71 bits per heavy atom. The number of rotatable bonds is 4. The van der Waals surface area contributed by atoms with Crippen LogP contribution in [-0.4, -0.2) is 23.9 Å². The quantitative estimate of drug-likeness (QED) is 0.639. The standard InChI is InChI=1S/C17H17N3O.CH3NO/c1-19-17-15(16(18)21)13-9-5-6-10-14(13)20(17)11-12-7-3-2-4-8-12;2-1-3/h2-10,19H,11H2,1H3,(H2,18,21);1H,(H2,2,3). The third kappa shape index (κ3) is 3.38. The van der Waals surface area contributed by atoms with E-state index in [1.165, 1.54) is 5.56 Å². The molecule has 0 saturated carbocycles. The minimum absolute atomic E-state index is 0.250. The third-order valence-corrected chi connectivity index (χ3v) is 3.64. The molecule has 0 unspecified atom stereocenters. The Bertz CT molecular complexity index is 841. The topological polar surface area (TPSA) is 103 Å². The van der Waals surface area contributed by atoms with Crippen LogP contribution in [0.4, 0.5) is 5.82 Å². The third-order valence-electron chi connectivity index (χ3n) is 3.64. The molecule has 6 nitrogen and oxygen atoms in total. The number of anilines is 1. The summed E-state index contributed by atoms with van der Waals surface area (Å²) in [6.45, 7) is 0.685. The van der Waals surface area contributed by atoms with Gasteiger partial charge in [-0.25, -0.2) is 0 Å². The molecule has 1 heterocycles. The summed E-state index contributed by atoms with van der Waals surface area (Å²) in [5.74, 6) is 0.343. The van der Waals surface area contributed by atoms with Gasteiger partial charge in [-0.1, -0.05) is 48.5 Å². The van der Waals surface area contributed by atoms with E-state index in [0.29, 0.717) is 12.1 Å². The molecule has 0 aliphatic rings. The Hall–Kier alpha value is -3.28. The molecule has 2 amide bonds. The first-order chi connectivity index (χ1) is 11.6. The normalized spacial score (nSPS) is 9.88. The summed E-state index contributed by atoms with van der Waals surface area (Å²) in [6, 6.07) is 18.0. The minimum atomic E-state index is -0.414. The van der Waals surface area contributed by atoms with Gasteiger partial charge in [-0.3, -0.25) is 9.59 Å². The van der Waals surface area contributed by atoms with Gasteiger partial charge in [0, 0.05) is 19.0 Å². The molecule has 0 radical (unpaired) electrons. The number of nitrogens with one attached hydrogen (secondary N) is 1. The number of primary amides is 2.